The van der Waals surface area contributed by atoms with Crippen LogP contribution in [0.4, 0.5) is 4.39 Å². The van der Waals surface area contributed by atoms with Crippen molar-refractivity contribution in [2.24, 2.45) is 0 Å². The summed E-state index contributed by atoms with van der Waals surface area (Å²) >= 11 is 0. The van der Waals surface area contributed by atoms with Gasteiger partial charge in [0.05, 0.1) is 11.1 Å². The van der Waals surface area contributed by atoms with E-state index in [2.05, 4.69) is 10.1 Å². The molecule has 0 spiro atoms. The lowest BCUT2D eigenvalue weighted by Gasteiger charge is -2.11. The number of carboxylic acid groups (broad SMARTS) is 1. The number of carbonyl (C=O) groups is 1. The van der Waals surface area contributed by atoms with Crippen LogP contribution in [0, 0.1) is 40.4 Å². The van der Waals surface area contributed by atoms with Crippen LogP contribution in [0.15, 0.2) is 22.7 Å². The maximum Gasteiger partial charge on any atom is 0.335 e. The van der Waals surface area contributed by atoms with Crippen molar-refractivity contribution in [2.75, 3.05) is 0 Å². The van der Waals surface area contributed by atoms with Crippen molar-refractivity contribution in [1.29, 1.82) is 0 Å². The molecule has 0 saturated heterocycles. The van der Waals surface area contributed by atoms with Gasteiger partial charge in [-0.2, -0.15) is 4.98 Å². The molecule has 5 nitrogen and oxygen atoms in total. The zero-order chi connectivity index (χ0) is 19.2. The van der Waals surface area contributed by atoms with Crippen molar-refractivity contribution in [3.63, 3.8) is 0 Å². The highest BCUT2D eigenvalue weighted by molar-refractivity contribution is 5.92. The van der Waals surface area contributed by atoms with E-state index < -0.39 is 11.8 Å². The molecule has 0 aliphatic heterocycles. The van der Waals surface area contributed by atoms with E-state index in [-0.39, 0.29) is 22.8 Å². The molecule has 0 fully saturated rings. The van der Waals surface area contributed by atoms with Crippen molar-refractivity contribution in [2.45, 2.75) is 34.6 Å². The summed E-state index contributed by atoms with van der Waals surface area (Å²) in [5.74, 6) is -1.12. The van der Waals surface area contributed by atoms with E-state index in [0.717, 1.165) is 16.7 Å². The van der Waals surface area contributed by atoms with Gasteiger partial charge in [-0.25, -0.2) is 9.18 Å². The third-order valence-corrected chi connectivity index (χ3v) is 4.75. The number of aryl methyl sites for hydroxylation is 2. The Labute approximate surface area is 150 Å². The lowest BCUT2D eigenvalue weighted by molar-refractivity contribution is 0.0696. The Morgan fingerprint density at radius 1 is 1.00 bits per heavy atom. The van der Waals surface area contributed by atoms with Crippen LogP contribution in [-0.2, 0) is 0 Å². The predicted octanol–water partition coefficient (Wildman–Crippen LogP) is 4.78. The first-order valence-electron chi connectivity index (χ1n) is 8.16. The number of carboxylic acids is 1. The number of nitrogens with zero attached hydrogens (tertiary/aromatic N) is 2. The van der Waals surface area contributed by atoms with Gasteiger partial charge in [0.2, 0.25) is 5.82 Å². The topological polar surface area (TPSA) is 76.2 Å². The SMILES string of the molecule is Cc1cc(C)c(F)c(-c2nc(-c3cc(C(=O)O)c(C)c(C)c3C)no2)c1. The lowest BCUT2D eigenvalue weighted by Crippen LogP contribution is -2.04. The van der Waals surface area contributed by atoms with Gasteiger partial charge < -0.3 is 9.63 Å². The van der Waals surface area contributed by atoms with Crippen molar-refractivity contribution in [3.05, 3.63) is 57.4 Å². The minimum atomic E-state index is -1.02. The Hall–Kier alpha value is -3.02. The summed E-state index contributed by atoms with van der Waals surface area (Å²) in [4.78, 5) is 15.8. The second-order valence-corrected chi connectivity index (χ2v) is 6.52. The Morgan fingerprint density at radius 3 is 2.35 bits per heavy atom. The van der Waals surface area contributed by atoms with Crippen molar-refractivity contribution in [3.8, 4) is 22.8 Å². The van der Waals surface area contributed by atoms with Crippen LogP contribution in [0.3, 0.4) is 0 Å². The van der Waals surface area contributed by atoms with Crippen LogP contribution >= 0.6 is 0 Å². The molecule has 0 atom stereocenters. The summed E-state index contributed by atoms with van der Waals surface area (Å²) in [6.07, 6.45) is 0. The van der Waals surface area contributed by atoms with Gasteiger partial charge in [-0.1, -0.05) is 11.2 Å². The minimum absolute atomic E-state index is 0.0683. The molecule has 3 aromatic rings. The molecule has 3 rings (SSSR count). The number of rotatable bonds is 3. The summed E-state index contributed by atoms with van der Waals surface area (Å²) < 4.78 is 19.7. The van der Waals surface area contributed by atoms with Crippen LogP contribution in [-0.4, -0.2) is 21.2 Å². The fraction of sp³-hybridized carbons (Fsp3) is 0.250. The fourth-order valence-corrected chi connectivity index (χ4v) is 3.05. The van der Waals surface area contributed by atoms with Gasteiger partial charge in [0.1, 0.15) is 5.82 Å². The second-order valence-electron chi connectivity index (χ2n) is 6.52. The Morgan fingerprint density at radius 2 is 1.69 bits per heavy atom. The molecule has 26 heavy (non-hydrogen) atoms. The summed E-state index contributed by atoms with van der Waals surface area (Å²) in [5, 5.41) is 13.4. The molecule has 2 aromatic carbocycles. The van der Waals surface area contributed by atoms with E-state index in [9.17, 15) is 14.3 Å². The molecule has 6 heteroatoms. The first-order valence-corrected chi connectivity index (χ1v) is 8.16. The summed E-state index contributed by atoms with van der Waals surface area (Å²) in [6, 6.07) is 4.92. The van der Waals surface area contributed by atoms with Crippen LogP contribution in [0.25, 0.3) is 22.8 Å². The maximum atomic E-state index is 14.4. The maximum absolute atomic E-state index is 14.4. The molecule has 1 heterocycles. The summed E-state index contributed by atoms with van der Waals surface area (Å²) in [5.41, 5.74) is 4.77. The largest absolute Gasteiger partial charge is 0.478 e. The molecule has 0 bridgehead atoms. The average Bonchev–Trinajstić information content (AvgIpc) is 3.05. The molecule has 0 aliphatic rings. The van der Waals surface area contributed by atoms with Gasteiger partial charge in [-0.3, -0.25) is 0 Å². The zero-order valence-corrected chi connectivity index (χ0v) is 15.3. The molecule has 0 amide bonds. The zero-order valence-electron chi connectivity index (χ0n) is 15.3. The van der Waals surface area contributed by atoms with E-state index in [1.807, 2.05) is 20.8 Å². The third-order valence-electron chi connectivity index (χ3n) is 4.75. The summed E-state index contributed by atoms with van der Waals surface area (Å²) in [6.45, 7) is 9.03. The van der Waals surface area contributed by atoms with Crippen molar-refractivity contribution < 1.29 is 18.8 Å². The monoisotopic (exact) mass is 354 g/mol. The number of halogens is 1. The third kappa shape index (κ3) is 2.87. The fourth-order valence-electron chi connectivity index (χ4n) is 3.05. The normalized spacial score (nSPS) is 11.0. The Bertz CT molecular complexity index is 1040. The highest BCUT2D eigenvalue weighted by Gasteiger charge is 2.21. The number of hydrogen-bond acceptors (Lipinski definition) is 4. The quantitative estimate of drug-likeness (QED) is 0.732. The summed E-state index contributed by atoms with van der Waals surface area (Å²) in [7, 11) is 0. The van der Waals surface area contributed by atoms with Crippen LogP contribution in [0.5, 0.6) is 0 Å². The first kappa shape index (κ1) is 17.8. The Balaban J connectivity index is 2.16. The highest BCUT2D eigenvalue weighted by Crippen LogP contribution is 2.31. The smallest absolute Gasteiger partial charge is 0.335 e. The van der Waals surface area contributed by atoms with Crippen LogP contribution < -0.4 is 0 Å². The van der Waals surface area contributed by atoms with Crippen LogP contribution in [0.2, 0.25) is 0 Å². The molecular weight excluding hydrogens is 335 g/mol. The molecule has 0 radical (unpaired) electrons. The van der Waals surface area contributed by atoms with Gasteiger partial charge in [-0.05, 0) is 74.6 Å². The molecule has 0 saturated carbocycles. The van der Waals surface area contributed by atoms with Gasteiger partial charge >= 0.3 is 5.97 Å². The van der Waals surface area contributed by atoms with E-state index in [1.54, 1.807) is 26.0 Å². The molecule has 134 valence electrons. The van der Waals surface area contributed by atoms with Crippen LogP contribution in [0.1, 0.15) is 38.2 Å². The van der Waals surface area contributed by atoms with E-state index >= 15 is 0 Å². The van der Waals surface area contributed by atoms with Gasteiger partial charge in [0.15, 0.2) is 0 Å². The van der Waals surface area contributed by atoms with E-state index in [4.69, 9.17) is 4.52 Å². The molecular formula is C20H19FN2O3. The minimum Gasteiger partial charge on any atom is -0.478 e. The second kappa shape index (κ2) is 6.37. The Kier molecular flexibility index (Phi) is 4.36. The van der Waals surface area contributed by atoms with Crippen molar-refractivity contribution in [1.82, 2.24) is 10.1 Å². The van der Waals surface area contributed by atoms with E-state index in [1.165, 1.54) is 6.07 Å². The van der Waals surface area contributed by atoms with Gasteiger partial charge in [-0.15, -0.1) is 0 Å². The molecule has 0 unspecified atom stereocenters. The lowest BCUT2D eigenvalue weighted by atomic mass is 9.93. The number of benzene rings is 2. The van der Waals surface area contributed by atoms with E-state index in [0.29, 0.717) is 16.7 Å². The molecule has 0 aliphatic carbocycles. The average molecular weight is 354 g/mol. The number of aromatic carboxylic acids is 1. The van der Waals surface area contributed by atoms with Gasteiger partial charge in [0, 0.05) is 5.56 Å². The highest BCUT2D eigenvalue weighted by atomic mass is 19.1. The standard InChI is InChI=1S/C20H19FN2O3/c1-9-6-10(2)17(21)16(7-9)19-22-18(23-26-19)14-8-15(20(24)25)13(5)11(3)12(14)4/h6-8H,1-5H3,(H,24,25). The number of hydrogen-bond donors (Lipinski definition) is 1. The molecule has 1 N–H and O–H groups in total. The van der Waals surface area contributed by atoms with Gasteiger partial charge in [0.25, 0.3) is 5.89 Å². The number of aromatic nitrogens is 2. The predicted molar refractivity (Wildman–Crippen MR) is 95.8 cm³/mol. The molecule has 1 aromatic heterocycles. The van der Waals surface area contributed by atoms with Crippen molar-refractivity contribution >= 4 is 5.97 Å². The first-order chi connectivity index (χ1) is 12.2.